The van der Waals surface area contributed by atoms with Gasteiger partial charge in [0.15, 0.2) is 5.76 Å². The van der Waals surface area contributed by atoms with Gasteiger partial charge in [-0.1, -0.05) is 23.2 Å². The molecule has 0 aliphatic rings. The second-order valence-corrected chi connectivity index (χ2v) is 5.59. The fourth-order valence-corrected chi connectivity index (χ4v) is 2.40. The van der Waals surface area contributed by atoms with E-state index in [1.54, 1.807) is 24.3 Å². The molecule has 6 heteroatoms. The van der Waals surface area contributed by atoms with Gasteiger partial charge < -0.3 is 9.73 Å². The molecule has 0 spiro atoms. The van der Waals surface area contributed by atoms with E-state index in [0.29, 0.717) is 27.1 Å². The van der Waals surface area contributed by atoms with Crippen molar-refractivity contribution in [3.8, 4) is 11.3 Å². The molecule has 0 aliphatic heterocycles. The summed E-state index contributed by atoms with van der Waals surface area (Å²) in [5, 5.41) is 3.60. The number of benzene rings is 2. The minimum absolute atomic E-state index is 0.111. The van der Waals surface area contributed by atoms with Crippen LogP contribution in [0.2, 0.25) is 10.0 Å². The van der Waals surface area contributed by atoms with Gasteiger partial charge in [0.2, 0.25) is 0 Å². The molecule has 1 N–H and O–H groups in total. The van der Waals surface area contributed by atoms with Crippen molar-refractivity contribution in [2.24, 2.45) is 0 Å². The zero-order valence-electron chi connectivity index (χ0n) is 11.6. The van der Waals surface area contributed by atoms with Crippen molar-refractivity contribution in [3.63, 3.8) is 0 Å². The Bertz CT molecular complexity index is 859. The summed E-state index contributed by atoms with van der Waals surface area (Å²) in [5.74, 6) is -0.276. The maximum atomic E-state index is 12.9. The van der Waals surface area contributed by atoms with Crippen LogP contribution in [0.3, 0.4) is 0 Å². The van der Waals surface area contributed by atoms with E-state index in [1.165, 1.54) is 30.3 Å². The maximum Gasteiger partial charge on any atom is 0.291 e. The predicted octanol–water partition coefficient (Wildman–Crippen LogP) is 5.64. The minimum atomic E-state index is -0.444. The molecule has 116 valence electrons. The first-order valence-electron chi connectivity index (χ1n) is 6.65. The number of anilines is 1. The second-order valence-electron chi connectivity index (χ2n) is 4.75. The molecule has 1 amide bonds. The van der Waals surface area contributed by atoms with Crippen LogP contribution in [0, 0.1) is 5.82 Å². The average molecular weight is 350 g/mol. The van der Waals surface area contributed by atoms with Crippen LogP contribution in [-0.4, -0.2) is 5.91 Å². The van der Waals surface area contributed by atoms with E-state index in [1.807, 2.05) is 0 Å². The van der Waals surface area contributed by atoms with Gasteiger partial charge in [0.1, 0.15) is 11.6 Å². The molecule has 3 aromatic rings. The summed E-state index contributed by atoms with van der Waals surface area (Å²) in [4.78, 5) is 12.1. The zero-order valence-corrected chi connectivity index (χ0v) is 13.2. The van der Waals surface area contributed by atoms with Crippen molar-refractivity contribution in [1.82, 2.24) is 0 Å². The van der Waals surface area contributed by atoms with Crippen LogP contribution in [0.4, 0.5) is 10.1 Å². The molecule has 0 radical (unpaired) electrons. The van der Waals surface area contributed by atoms with E-state index in [2.05, 4.69) is 5.32 Å². The van der Waals surface area contributed by atoms with Crippen LogP contribution >= 0.6 is 23.2 Å². The lowest BCUT2D eigenvalue weighted by molar-refractivity contribution is 0.0997. The molecule has 3 nitrogen and oxygen atoms in total. The SMILES string of the molecule is O=C(Nc1ccc(F)cc1)c1ccc(-c2cc(Cl)ccc2Cl)o1. The first-order valence-corrected chi connectivity index (χ1v) is 7.41. The molecule has 1 aromatic heterocycles. The molecule has 1 heterocycles. The molecule has 0 aliphatic carbocycles. The van der Waals surface area contributed by atoms with Gasteiger partial charge in [-0.3, -0.25) is 4.79 Å². The van der Waals surface area contributed by atoms with Gasteiger partial charge in [-0.15, -0.1) is 0 Å². The van der Waals surface area contributed by atoms with Gasteiger partial charge in [0, 0.05) is 16.3 Å². The predicted molar refractivity (Wildman–Crippen MR) is 88.5 cm³/mol. The summed E-state index contributed by atoms with van der Waals surface area (Å²) in [6, 6.07) is 13.6. The monoisotopic (exact) mass is 349 g/mol. The van der Waals surface area contributed by atoms with E-state index < -0.39 is 5.91 Å². The van der Waals surface area contributed by atoms with E-state index in [-0.39, 0.29) is 11.6 Å². The Labute approximate surface area is 141 Å². The first-order chi connectivity index (χ1) is 11.0. The average Bonchev–Trinajstić information content (AvgIpc) is 3.02. The highest BCUT2D eigenvalue weighted by atomic mass is 35.5. The number of hydrogen-bond donors (Lipinski definition) is 1. The Hall–Kier alpha value is -2.30. The molecular formula is C17H10Cl2FNO2. The van der Waals surface area contributed by atoms with Crippen molar-refractivity contribution in [1.29, 1.82) is 0 Å². The Morgan fingerprint density at radius 2 is 1.74 bits per heavy atom. The summed E-state index contributed by atoms with van der Waals surface area (Å²) >= 11 is 12.1. The number of amides is 1. The smallest absolute Gasteiger partial charge is 0.291 e. The highest BCUT2D eigenvalue weighted by Gasteiger charge is 2.14. The lowest BCUT2D eigenvalue weighted by atomic mass is 10.2. The number of carbonyl (C=O) groups is 1. The van der Waals surface area contributed by atoms with Crippen molar-refractivity contribution >= 4 is 34.8 Å². The highest BCUT2D eigenvalue weighted by molar-refractivity contribution is 6.35. The molecule has 0 saturated carbocycles. The van der Waals surface area contributed by atoms with Gasteiger partial charge in [-0.2, -0.15) is 0 Å². The molecule has 0 bridgehead atoms. The molecule has 0 atom stereocenters. The Balaban J connectivity index is 1.82. The third-order valence-electron chi connectivity index (χ3n) is 3.13. The van der Waals surface area contributed by atoms with Crippen molar-refractivity contribution < 1.29 is 13.6 Å². The Morgan fingerprint density at radius 3 is 2.48 bits per heavy atom. The summed E-state index contributed by atoms with van der Waals surface area (Å²) in [5.41, 5.74) is 1.06. The molecule has 0 unspecified atom stereocenters. The summed E-state index contributed by atoms with van der Waals surface area (Å²) < 4.78 is 18.4. The molecule has 3 rings (SSSR count). The quantitative estimate of drug-likeness (QED) is 0.664. The van der Waals surface area contributed by atoms with E-state index in [0.717, 1.165) is 0 Å². The topological polar surface area (TPSA) is 42.2 Å². The van der Waals surface area contributed by atoms with Crippen LogP contribution in [0.25, 0.3) is 11.3 Å². The third kappa shape index (κ3) is 3.55. The van der Waals surface area contributed by atoms with Crippen LogP contribution in [0.5, 0.6) is 0 Å². The van der Waals surface area contributed by atoms with Gasteiger partial charge in [-0.25, -0.2) is 4.39 Å². The number of furan rings is 1. The minimum Gasteiger partial charge on any atom is -0.451 e. The molecular weight excluding hydrogens is 340 g/mol. The maximum absolute atomic E-state index is 12.9. The highest BCUT2D eigenvalue weighted by Crippen LogP contribution is 2.31. The number of rotatable bonds is 3. The Kier molecular flexibility index (Phi) is 4.37. The lowest BCUT2D eigenvalue weighted by Gasteiger charge is -2.03. The fourth-order valence-electron chi connectivity index (χ4n) is 2.02. The molecule has 0 fully saturated rings. The number of nitrogens with one attached hydrogen (secondary N) is 1. The van der Waals surface area contributed by atoms with Gasteiger partial charge in [0.25, 0.3) is 5.91 Å². The number of hydrogen-bond acceptors (Lipinski definition) is 2. The van der Waals surface area contributed by atoms with Crippen LogP contribution in [0.1, 0.15) is 10.6 Å². The van der Waals surface area contributed by atoms with Crippen molar-refractivity contribution in [3.05, 3.63) is 76.2 Å². The molecule has 23 heavy (non-hydrogen) atoms. The third-order valence-corrected chi connectivity index (χ3v) is 3.69. The first kappa shape index (κ1) is 15.6. The van der Waals surface area contributed by atoms with Gasteiger partial charge >= 0.3 is 0 Å². The summed E-state index contributed by atoms with van der Waals surface area (Å²) in [7, 11) is 0. The molecule has 0 saturated heterocycles. The zero-order chi connectivity index (χ0) is 16.4. The fraction of sp³-hybridized carbons (Fsp3) is 0. The van der Waals surface area contributed by atoms with E-state index in [4.69, 9.17) is 27.6 Å². The van der Waals surface area contributed by atoms with Crippen LogP contribution in [-0.2, 0) is 0 Å². The summed E-state index contributed by atoms with van der Waals surface area (Å²) in [6.45, 7) is 0. The largest absolute Gasteiger partial charge is 0.451 e. The number of halogens is 3. The number of carbonyl (C=O) groups excluding carboxylic acids is 1. The van der Waals surface area contributed by atoms with Gasteiger partial charge in [0.05, 0.1) is 5.02 Å². The lowest BCUT2D eigenvalue weighted by Crippen LogP contribution is -2.10. The Morgan fingerprint density at radius 1 is 1.00 bits per heavy atom. The second kappa shape index (κ2) is 6.44. The van der Waals surface area contributed by atoms with Crippen molar-refractivity contribution in [2.45, 2.75) is 0 Å². The van der Waals surface area contributed by atoms with Gasteiger partial charge in [-0.05, 0) is 54.6 Å². The van der Waals surface area contributed by atoms with E-state index >= 15 is 0 Å². The standard InChI is InChI=1S/C17H10Cl2FNO2/c18-10-1-6-14(19)13(9-10)15-7-8-16(23-15)17(22)21-12-4-2-11(20)3-5-12/h1-9H,(H,21,22). The van der Waals surface area contributed by atoms with Crippen LogP contribution in [0.15, 0.2) is 59.0 Å². The van der Waals surface area contributed by atoms with E-state index in [9.17, 15) is 9.18 Å². The van der Waals surface area contributed by atoms with Crippen LogP contribution < -0.4 is 5.32 Å². The van der Waals surface area contributed by atoms with Crippen molar-refractivity contribution in [2.75, 3.05) is 5.32 Å². The summed E-state index contributed by atoms with van der Waals surface area (Å²) in [6.07, 6.45) is 0. The molecule has 2 aromatic carbocycles. The normalized spacial score (nSPS) is 10.6.